The van der Waals surface area contributed by atoms with E-state index in [1.165, 1.54) is 12.5 Å². The summed E-state index contributed by atoms with van der Waals surface area (Å²) in [6.07, 6.45) is 9.80. The van der Waals surface area contributed by atoms with Gasteiger partial charge in [-0.2, -0.15) is 0 Å². The molecule has 1 unspecified atom stereocenters. The highest BCUT2D eigenvalue weighted by Crippen LogP contribution is 2.04. The molecule has 0 bridgehead atoms. The van der Waals surface area contributed by atoms with E-state index in [1.54, 1.807) is 0 Å². The van der Waals surface area contributed by atoms with Crippen LogP contribution in [0, 0.1) is 12.3 Å². The summed E-state index contributed by atoms with van der Waals surface area (Å²) in [6, 6.07) is -0.0587. The molecule has 2 N–H and O–H groups in total. The maximum absolute atomic E-state index is 10.9. The third-order valence-electron chi connectivity index (χ3n) is 2.32. The fraction of sp³-hybridized carbons (Fsp3) is 0.417. The summed E-state index contributed by atoms with van der Waals surface area (Å²) in [5, 5.41) is 12.0. The number of nitrogens with zero attached hydrogens (tertiary/aromatic N) is 2. The Hall–Kier alpha value is -1.93. The van der Waals surface area contributed by atoms with Crippen LogP contribution >= 0.6 is 0 Å². The van der Waals surface area contributed by atoms with Crippen molar-refractivity contribution in [2.75, 3.05) is 0 Å². The van der Waals surface area contributed by atoms with Gasteiger partial charge in [0.05, 0.1) is 11.7 Å². The van der Waals surface area contributed by atoms with Gasteiger partial charge in [-0.25, -0.2) is 14.8 Å². The minimum absolute atomic E-state index is 0.0587. The smallest absolute Gasteiger partial charge is 0.339 e. The molecule has 0 radical (unpaired) electrons. The van der Waals surface area contributed by atoms with Crippen molar-refractivity contribution < 1.29 is 9.90 Å². The van der Waals surface area contributed by atoms with Crippen molar-refractivity contribution in [3.05, 3.63) is 23.8 Å². The molecule has 0 aliphatic carbocycles. The number of rotatable bonds is 6. The van der Waals surface area contributed by atoms with Crippen LogP contribution in [0.4, 0.5) is 0 Å². The lowest BCUT2D eigenvalue weighted by Crippen LogP contribution is -2.28. The van der Waals surface area contributed by atoms with E-state index in [0.717, 1.165) is 12.8 Å². The Morgan fingerprint density at radius 3 is 3.06 bits per heavy atom. The Balaban J connectivity index is 2.69. The first-order chi connectivity index (χ1) is 8.19. The number of nitrogens with one attached hydrogen (secondary N) is 1. The van der Waals surface area contributed by atoms with Gasteiger partial charge in [0.15, 0.2) is 0 Å². The van der Waals surface area contributed by atoms with Crippen LogP contribution in [0.15, 0.2) is 12.5 Å². The normalized spacial score (nSPS) is 11.8. The second kappa shape index (κ2) is 6.61. The van der Waals surface area contributed by atoms with Crippen LogP contribution in [-0.4, -0.2) is 27.1 Å². The highest BCUT2D eigenvalue weighted by Gasteiger charge is 2.12. The van der Waals surface area contributed by atoms with Crippen molar-refractivity contribution >= 4 is 5.97 Å². The fourth-order valence-corrected chi connectivity index (χ4v) is 1.43. The molecule has 5 heteroatoms. The van der Waals surface area contributed by atoms with Crippen LogP contribution in [0.3, 0.4) is 0 Å². The Labute approximate surface area is 100 Å². The molecule has 90 valence electrons. The summed E-state index contributed by atoms with van der Waals surface area (Å²) in [4.78, 5) is 18.5. The molecule has 0 saturated carbocycles. The molecule has 1 aromatic heterocycles. The van der Waals surface area contributed by atoms with Gasteiger partial charge in [0.2, 0.25) is 0 Å². The molecule has 0 spiro atoms. The zero-order valence-corrected chi connectivity index (χ0v) is 9.68. The Morgan fingerprint density at radius 1 is 1.71 bits per heavy atom. The first-order valence-corrected chi connectivity index (χ1v) is 5.40. The number of terminal acetylenes is 1. The van der Waals surface area contributed by atoms with Gasteiger partial charge in [0.1, 0.15) is 11.9 Å². The Bertz CT molecular complexity index is 426. The molecule has 17 heavy (non-hydrogen) atoms. The molecule has 0 aromatic carbocycles. The number of carboxylic acids is 1. The topological polar surface area (TPSA) is 75.1 Å². The standard InChI is InChI=1S/C12H15N3O2/c1-3-5-9(4-2)14-7-11-10(12(16)17)6-13-8-15-11/h2,6,8-9,14H,3,5,7H2,1H3,(H,16,17). The van der Waals surface area contributed by atoms with Gasteiger partial charge in [-0.3, -0.25) is 5.32 Å². The van der Waals surface area contributed by atoms with E-state index in [4.69, 9.17) is 11.5 Å². The summed E-state index contributed by atoms with van der Waals surface area (Å²) in [5.41, 5.74) is 0.552. The van der Waals surface area contributed by atoms with Gasteiger partial charge >= 0.3 is 5.97 Å². The second-order valence-corrected chi connectivity index (χ2v) is 3.58. The molecule has 0 fully saturated rings. The molecule has 5 nitrogen and oxygen atoms in total. The molecule has 1 heterocycles. The van der Waals surface area contributed by atoms with E-state index >= 15 is 0 Å². The maximum atomic E-state index is 10.9. The molecule has 1 aromatic rings. The fourth-order valence-electron chi connectivity index (χ4n) is 1.43. The van der Waals surface area contributed by atoms with Crippen molar-refractivity contribution in [2.45, 2.75) is 32.4 Å². The lowest BCUT2D eigenvalue weighted by Gasteiger charge is -2.12. The zero-order valence-electron chi connectivity index (χ0n) is 9.68. The monoisotopic (exact) mass is 233 g/mol. The van der Waals surface area contributed by atoms with Gasteiger partial charge in [0, 0.05) is 12.7 Å². The third kappa shape index (κ3) is 3.85. The lowest BCUT2D eigenvalue weighted by molar-refractivity contribution is 0.0694. The van der Waals surface area contributed by atoms with E-state index < -0.39 is 5.97 Å². The van der Waals surface area contributed by atoms with E-state index in [1.807, 2.05) is 6.92 Å². The van der Waals surface area contributed by atoms with Crippen molar-refractivity contribution in [2.24, 2.45) is 0 Å². The summed E-state index contributed by atoms with van der Waals surface area (Å²) in [5.74, 6) is 1.59. The predicted molar refractivity (Wildman–Crippen MR) is 63.4 cm³/mol. The van der Waals surface area contributed by atoms with Crippen molar-refractivity contribution in [3.63, 3.8) is 0 Å². The molecule has 0 aliphatic heterocycles. The third-order valence-corrected chi connectivity index (χ3v) is 2.32. The zero-order chi connectivity index (χ0) is 12.7. The van der Waals surface area contributed by atoms with Crippen LogP contribution in [0.25, 0.3) is 0 Å². The summed E-state index contributed by atoms with van der Waals surface area (Å²) in [6.45, 7) is 2.37. The Morgan fingerprint density at radius 2 is 2.47 bits per heavy atom. The number of aromatic nitrogens is 2. The largest absolute Gasteiger partial charge is 0.478 e. The molecular weight excluding hydrogens is 218 g/mol. The van der Waals surface area contributed by atoms with Gasteiger partial charge in [0.25, 0.3) is 0 Å². The average Bonchev–Trinajstić information content (AvgIpc) is 2.34. The van der Waals surface area contributed by atoms with Crippen LogP contribution in [-0.2, 0) is 6.54 Å². The molecular formula is C12H15N3O2. The summed E-state index contributed by atoms with van der Waals surface area (Å²) in [7, 11) is 0. The van der Waals surface area contributed by atoms with Crippen molar-refractivity contribution in [1.82, 2.24) is 15.3 Å². The quantitative estimate of drug-likeness (QED) is 0.719. The van der Waals surface area contributed by atoms with Crippen LogP contribution in [0.1, 0.15) is 35.8 Å². The predicted octanol–water partition coefficient (Wildman–Crippen LogP) is 1.07. The lowest BCUT2D eigenvalue weighted by atomic mass is 10.1. The first kappa shape index (κ1) is 13.1. The SMILES string of the molecule is C#CC(CCC)NCc1ncncc1C(=O)O. The number of hydrogen-bond acceptors (Lipinski definition) is 4. The Kier molecular flexibility index (Phi) is 5.11. The second-order valence-electron chi connectivity index (χ2n) is 3.58. The van der Waals surface area contributed by atoms with Crippen LogP contribution in [0.2, 0.25) is 0 Å². The number of hydrogen-bond donors (Lipinski definition) is 2. The summed E-state index contributed by atoms with van der Waals surface area (Å²) >= 11 is 0. The molecule has 1 rings (SSSR count). The minimum Gasteiger partial charge on any atom is -0.478 e. The van der Waals surface area contributed by atoms with Crippen LogP contribution < -0.4 is 5.32 Å². The molecule has 0 saturated heterocycles. The molecule has 1 atom stereocenters. The van der Waals surface area contributed by atoms with Gasteiger partial charge < -0.3 is 5.11 Å². The van der Waals surface area contributed by atoms with Crippen molar-refractivity contribution in [3.8, 4) is 12.3 Å². The maximum Gasteiger partial charge on any atom is 0.339 e. The number of carbonyl (C=O) groups is 1. The highest BCUT2D eigenvalue weighted by molar-refractivity contribution is 5.88. The highest BCUT2D eigenvalue weighted by atomic mass is 16.4. The molecule has 0 aliphatic rings. The van der Waals surface area contributed by atoms with E-state index in [2.05, 4.69) is 21.2 Å². The van der Waals surface area contributed by atoms with Crippen molar-refractivity contribution in [1.29, 1.82) is 0 Å². The van der Waals surface area contributed by atoms with E-state index in [9.17, 15) is 4.79 Å². The number of carboxylic acid groups (broad SMARTS) is 1. The first-order valence-electron chi connectivity index (χ1n) is 5.40. The summed E-state index contributed by atoms with van der Waals surface area (Å²) < 4.78 is 0. The van der Waals surface area contributed by atoms with E-state index in [-0.39, 0.29) is 11.6 Å². The van der Waals surface area contributed by atoms with Crippen LogP contribution in [0.5, 0.6) is 0 Å². The van der Waals surface area contributed by atoms with Gasteiger partial charge in [-0.05, 0) is 6.42 Å². The average molecular weight is 233 g/mol. The van der Waals surface area contributed by atoms with Gasteiger partial charge in [-0.15, -0.1) is 6.42 Å². The minimum atomic E-state index is -1.03. The number of aromatic carboxylic acids is 1. The molecule has 0 amide bonds. The van der Waals surface area contributed by atoms with Gasteiger partial charge in [-0.1, -0.05) is 19.3 Å². The van der Waals surface area contributed by atoms with E-state index in [0.29, 0.717) is 12.2 Å².